The second-order valence-electron chi connectivity index (χ2n) is 3.87. The van der Waals surface area contributed by atoms with Crippen LogP contribution in [0.4, 0.5) is 0 Å². The van der Waals surface area contributed by atoms with Gasteiger partial charge in [0.25, 0.3) is 5.91 Å². The minimum absolute atomic E-state index is 0.111. The average Bonchev–Trinajstić information content (AvgIpc) is 2.67. The molecule has 1 amide bonds. The third-order valence-electron chi connectivity index (χ3n) is 2.81. The summed E-state index contributed by atoms with van der Waals surface area (Å²) < 4.78 is 8.54. The molecule has 0 saturated carbocycles. The maximum absolute atomic E-state index is 12.0. The van der Waals surface area contributed by atoms with Crippen LogP contribution >= 0.6 is 22.9 Å². The molecule has 1 N–H and O–H groups in total. The molecule has 1 aromatic rings. The average molecular weight is 346 g/mol. The second kappa shape index (κ2) is 5.68. The molecule has 1 heterocycles. The molecular formula is C12H15IN2O2. The first-order valence-electron chi connectivity index (χ1n) is 5.64. The molecule has 0 saturated heterocycles. The normalized spacial score (nSPS) is 14.0. The van der Waals surface area contributed by atoms with Crippen molar-refractivity contribution in [3.05, 3.63) is 29.3 Å². The van der Waals surface area contributed by atoms with E-state index in [-0.39, 0.29) is 5.91 Å². The van der Waals surface area contributed by atoms with Crippen LogP contribution in [0.1, 0.15) is 22.8 Å². The van der Waals surface area contributed by atoms with E-state index in [2.05, 4.69) is 26.4 Å². The van der Waals surface area contributed by atoms with E-state index in [0.29, 0.717) is 6.61 Å². The molecule has 0 radical (unpaired) electrons. The Balaban J connectivity index is 2.10. The van der Waals surface area contributed by atoms with Crippen LogP contribution in [0, 0.1) is 0 Å². The van der Waals surface area contributed by atoms with Gasteiger partial charge < -0.3 is 9.64 Å². The van der Waals surface area contributed by atoms with Crippen molar-refractivity contribution in [3.8, 4) is 5.75 Å². The number of hydrogen-bond donors (Lipinski definition) is 1. The Bertz CT molecular complexity index is 423. The molecular weight excluding hydrogens is 331 g/mol. The molecule has 92 valence electrons. The fraction of sp³-hybridized carbons (Fsp3) is 0.417. The van der Waals surface area contributed by atoms with E-state index in [9.17, 15) is 4.79 Å². The molecule has 0 atom stereocenters. The topological polar surface area (TPSA) is 41.6 Å². The summed E-state index contributed by atoms with van der Waals surface area (Å²) in [5, 5.41) is 0. The summed E-state index contributed by atoms with van der Waals surface area (Å²) in [5.74, 6) is 0.877. The van der Waals surface area contributed by atoms with Crippen LogP contribution in [-0.4, -0.2) is 30.5 Å². The zero-order valence-electron chi connectivity index (χ0n) is 9.70. The maximum atomic E-state index is 12.0. The molecule has 0 fully saturated rings. The van der Waals surface area contributed by atoms with Crippen molar-refractivity contribution in [2.75, 3.05) is 19.7 Å². The van der Waals surface area contributed by atoms with Gasteiger partial charge in [0.1, 0.15) is 12.4 Å². The number of halogens is 1. The van der Waals surface area contributed by atoms with E-state index in [1.54, 1.807) is 0 Å². The lowest BCUT2D eigenvalue weighted by atomic mass is 10.1. The van der Waals surface area contributed by atoms with Crippen LogP contribution in [0.25, 0.3) is 0 Å². The summed E-state index contributed by atoms with van der Waals surface area (Å²) in [4.78, 5) is 13.8. The van der Waals surface area contributed by atoms with Crippen LogP contribution in [0.2, 0.25) is 0 Å². The number of ether oxygens (including phenoxy) is 1. The third kappa shape index (κ3) is 2.71. The fourth-order valence-corrected chi connectivity index (χ4v) is 2.11. The highest BCUT2D eigenvalue weighted by atomic mass is 127. The first-order valence-corrected chi connectivity index (χ1v) is 6.72. The number of fused-ring (bicyclic) bond motifs is 1. The molecule has 2 rings (SSSR count). The Morgan fingerprint density at radius 2 is 2.35 bits per heavy atom. The lowest BCUT2D eigenvalue weighted by Crippen LogP contribution is -2.22. The van der Waals surface area contributed by atoms with Crippen LogP contribution in [0.15, 0.2) is 18.2 Å². The van der Waals surface area contributed by atoms with Gasteiger partial charge in [-0.3, -0.25) is 8.32 Å². The number of hydrogen-bond acceptors (Lipinski definition) is 3. The highest BCUT2D eigenvalue weighted by Crippen LogP contribution is 2.26. The molecule has 1 aliphatic heterocycles. The Labute approximate surface area is 115 Å². The van der Waals surface area contributed by atoms with Gasteiger partial charge in [0, 0.05) is 48.1 Å². The number of rotatable bonds is 5. The summed E-state index contributed by atoms with van der Waals surface area (Å²) in [6.45, 7) is 4.86. The number of nitrogens with zero attached hydrogens (tertiary/aromatic N) is 1. The SMILES string of the molecule is CCN1Cc2ccc(OCCNI)cc2C1=O. The second-order valence-corrected chi connectivity index (χ2v) is 4.63. The minimum atomic E-state index is 0.111. The van der Waals surface area contributed by atoms with E-state index < -0.39 is 0 Å². The summed E-state index contributed by atoms with van der Waals surface area (Å²) in [6, 6.07) is 5.76. The van der Waals surface area contributed by atoms with Crippen molar-refractivity contribution in [2.45, 2.75) is 13.5 Å². The Hall–Kier alpha value is -0.820. The lowest BCUT2D eigenvalue weighted by Gasteiger charge is -2.10. The number of benzene rings is 1. The minimum Gasteiger partial charge on any atom is -0.492 e. The zero-order valence-corrected chi connectivity index (χ0v) is 11.9. The van der Waals surface area contributed by atoms with E-state index in [4.69, 9.17) is 4.74 Å². The molecule has 5 heteroatoms. The summed E-state index contributed by atoms with van der Waals surface area (Å²) in [7, 11) is 0. The van der Waals surface area contributed by atoms with Gasteiger partial charge in [-0.25, -0.2) is 0 Å². The van der Waals surface area contributed by atoms with Crippen LogP contribution < -0.4 is 8.27 Å². The van der Waals surface area contributed by atoms with Crippen molar-refractivity contribution in [2.24, 2.45) is 0 Å². The van der Waals surface area contributed by atoms with Gasteiger partial charge in [-0.2, -0.15) is 0 Å². The number of amides is 1. The van der Waals surface area contributed by atoms with Gasteiger partial charge in [-0.05, 0) is 24.6 Å². The quantitative estimate of drug-likeness (QED) is 0.504. The van der Waals surface area contributed by atoms with E-state index >= 15 is 0 Å². The van der Waals surface area contributed by atoms with Crippen molar-refractivity contribution < 1.29 is 9.53 Å². The van der Waals surface area contributed by atoms with E-state index in [0.717, 1.165) is 36.5 Å². The van der Waals surface area contributed by atoms with Gasteiger partial charge in [-0.1, -0.05) is 6.07 Å². The third-order valence-corrected chi connectivity index (χ3v) is 3.35. The Morgan fingerprint density at radius 1 is 1.53 bits per heavy atom. The van der Waals surface area contributed by atoms with Gasteiger partial charge in [0.2, 0.25) is 0 Å². The molecule has 0 bridgehead atoms. The molecule has 4 nitrogen and oxygen atoms in total. The fourth-order valence-electron chi connectivity index (χ4n) is 1.89. The van der Waals surface area contributed by atoms with Crippen LogP contribution in [0.3, 0.4) is 0 Å². The van der Waals surface area contributed by atoms with Gasteiger partial charge in [0.05, 0.1) is 0 Å². The monoisotopic (exact) mass is 346 g/mol. The van der Waals surface area contributed by atoms with E-state index in [1.165, 1.54) is 0 Å². The first kappa shape index (κ1) is 12.6. The summed E-state index contributed by atoms with van der Waals surface area (Å²) >= 11 is 2.08. The van der Waals surface area contributed by atoms with Crippen molar-refractivity contribution in [3.63, 3.8) is 0 Å². The standard InChI is InChI=1S/C12H15IN2O2/c1-2-15-8-9-3-4-10(17-6-5-14-13)7-11(9)12(15)16/h3-4,7,14H,2,5-6,8H2,1H3. The highest BCUT2D eigenvalue weighted by Gasteiger charge is 2.26. The molecule has 0 aromatic heterocycles. The predicted molar refractivity (Wildman–Crippen MR) is 74.4 cm³/mol. The molecule has 1 aromatic carbocycles. The number of carbonyl (C=O) groups excluding carboxylic acids is 1. The molecule has 17 heavy (non-hydrogen) atoms. The highest BCUT2D eigenvalue weighted by molar-refractivity contribution is 14.1. The molecule has 0 unspecified atom stereocenters. The summed E-state index contributed by atoms with van der Waals surface area (Å²) in [6.07, 6.45) is 0. The smallest absolute Gasteiger partial charge is 0.254 e. The number of nitrogens with one attached hydrogen (secondary N) is 1. The molecule has 0 aliphatic carbocycles. The predicted octanol–water partition coefficient (Wildman–Crippen LogP) is 1.98. The largest absolute Gasteiger partial charge is 0.492 e. The maximum Gasteiger partial charge on any atom is 0.254 e. The number of carbonyl (C=O) groups is 1. The van der Waals surface area contributed by atoms with Crippen LogP contribution in [0.5, 0.6) is 5.75 Å². The van der Waals surface area contributed by atoms with E-state index in [1.807, 2.05) is 30.0 Å². The first-order chi connectivity index (χ1) is 8.26. The van der Waals surface area contributed by atoms with Crippen molar-refractivity contribution in [1.29, 1.82) is 0 Å². The van der Waals surface area contributed by atoms with Crippen molar-refractivity contribution in [1.82, 2.24) is 8.43 Å². The van der Waals surface area contributed by atoms with Crippen LogP contribution in [-0.2, 0) is 6.54 Å². The Kier molecular flexibility index (Phi) is 4.22. The lowest BCUT2D eigenvalue weighted by molar-refractivity contribution is 0.0787. The molecule has 0 spiro atoms. The van der Waals surface area contributed by atoms with Gasteiger partial charge >= 0.3 is 0 Å². The molecule has 1 aliphatic rings. The van der Waals surface area contributed by atoms with Gasteiger partial charge in [-0.15, -0.1) is 0 Å². The Morgan fingerprint density at radius 3 is 3.06 bits per heavy atom. The zero-order chi connectivity index (χ0) is 12.3. The van der Waals surface area contributed by atoms with Gasteiger partial charge in [0.15, 0.2) is 0 Å². The summed E-state index contributed by atoms with van der Waals surface area (Å²) in [5.41, 5.74) is 1.88. The van der Waals surface area contributed by atoms with Crippen molar-refractivity contribution >= 4 is 28.8 Å².